The highest BCUT2D eigenvalue weighted by molar-refractivity contribution is 7.86. The van der Waals surface area contributed by atoms with Gasteiger partial charge in [-0.1, -0.05) is 118 Å². The molecule has 47 heavy (non-hydrogen) atoms. The van der Waals surface area contributed by atoms with E-state index in [-0.39, 0.29) is 4.90 Å². The Balaban J connectivity index is 1.57. The van der Waals surface area contributed by atoms with Gasteiger partial charge in [-0.05, 0) is 59.0 Å². The van der Waals surface area contributed by atoms with Crippen molar-refractivity contribution in [3.8, 4) is 0 Å². The van der Waals surface area contributed by atoms with E-state index in [1.807, 2.05) is 18.2 Å². The van der Waals surface area contributed by atoms with Gasteiger partial charge in [0.1, 0.15) is 11.4 Å². The van der Waals surface area contributed by atoms with Crippen molar-refractivity contribution in [1.82, 2.24) is 0 Å². The first-order valence-electron chi connectivity index (χ1n) is 16.6. The summed E-state index contributed by atoms with van der Waals surface area (Å²) in [5, 5.41) is 0. The quantitative estimate of drug-likeness (QED) is 0.110. The first-order chi connectivity index (χ1) is 22.9. The minimum absolute atomic E-state index is 0.106. The molecule has 0 amide bonds. The lowest BCUT2D eigenvalue weighted by Gasteiger charge is -2.25. The number of nitrogens with zero attached hydrogens (tertiary/aromatic N) is 2. The molecule has 0 unspecified atom stereocenters. The van der Waals surface area contributed by atoms with E-state index >= 15 is 0 Å². The van der Waals surface area contributed by atoms with Gasteiger partial charge in [0, 0.05) is 48.5 Å². The lowest BCUT2D eigenvalue weighted by molar-refractivity contribution is -0.543. The van der Waals surface area contributed by atoms with Gasteiger partial charge in [-0.25, -0.2) is 4.58 Å². The molecule has 1 N–H and O–H groups in total. The molecule has 0 atom stereocenters. The van der Waals surface area contributed by atoms with Gasteiger partial charge < -0.3 is 4.90 Å². The molecule has 0 spiro atoms. The van der Waals surface area contributed by atoms with Gasteiger partial charge in [-0.15, -0.1) is 0 Å². The Morgan fingerprint density at radius 2 is 1.30 bits per heavy atom. The zero-order valence-electron chi connectivity index (χ0n) is 27.4. The van der Waals surface area contributed by atoms with Crippen LogP contribution in [0.2, 0.25) is 0 Å². The maximum atomic E-state index is 12.6. The van der Waals surface area contributed by atoms with E-state index < -0.39 is 10.1 Å². The number of benzene rings is 4. The van der Waals surface area contributed by atoms with Gasteiger partial charge in [-0.2, -0.15) is 8.42 Å². The standard InChI is InChI=1S/C41H44N2O3S/c1-3-5-29-42(31-33-15-9-7-10-16-33)37-25-21-35(22-26-37)41(39-19-13-14-20-40(39)47(44,45)46)36-23-27-38(28-24-36)43(30-6-4-2)32-34-17-11-8-12-18-34/h7-28H,3-6,29-32H2,1-2H3/p+1. The lowest BCUT2D eigenvalue weighted by atomic mass is 9.90. The average molecular weight is 646 g/mol. The summed E-state index contributed by atoms with van der Waals surface area (Å²) >= 11 is 0. The number of allylic oxidation sites excluding steroid dienone is 5. The Kier molecular flexibility index (Phi) is 11.8. The van der Waals surface area contributed by atoms with Crippen molar-refractivity contribution in [2.24, 2.45) is 0 Å². The first-order valence-corrected chi connectivity index (χ1v) is 18.0. The Morgan fingerprint density at radius 3 is 1.91 bits per heavy atom. The zero-order chi connectivity index (χ0) is 33.1. The summed E-state index contributed by atoms with van der Waals surface area (Å²) in [5.41, 5.74) is 7.69. The number of anilines is 1. The van der Waals surface area contributed by atoms with Crippen molar-refractivity contribution >= 4 is 27.1 Å². The van der Waals surface area contributed by atoms with Crippen LogP contribution >= 0.6 is 0 Å². The first kappa shape index (κ1) is 33.8. The predicted molar refractivity (Wildman–Crippen MR) is 195 cm³/mol. The van der Waals surface area contributed by atoms with Crippen LogP contribution in [-0.4, -0.2) is 36.3 Å². The summed E-state index contributed by atoms with van der Waals surface area (Å²) in [5.74, 6) is 0. The normalized spacial score (nSPS) is 12.7. The van der Waals surface area contributed by atoms with E-state index in [1.54, 1.807) is 12.1 Å². The highest BCUT2D eigenvalue weighted by atomic mass is 32.2. The van der Waals surface area contributed by atoms with Gasteiger partial charge in [0.15, 0.2) is 12.3 Å². The molecule has 5 nitrogen and oxygen atoms in total. The van der Waals surface area contributed by atoms with E-state index in [1.165, 1.54) is 17.2 Å². The summed E-state index contributed by atoms with van der Waals surface area (Å²) in [6.07, 6.45) is 12.7. The summed E-state index contributed by atoms with van der Waals surface area (Å²) in [6, 6.07) is 36.0. The van der Waals surface area contributed by atoms with Crippen LogP contribution in [0.25, 0.3) is 5.57 Å². The minimum atomic E-state index is -4.46. The van der Waals surface area contributed by atoms with Crippen molar-refractivity contribution in [2.45, 2.75) is 57.5 Å². The van der Waals surface area contributed by atoms with Crippen LogP contribution in [-0.2, 0) is 23.2 Å². The number of unbranched alkanes of at least 4 members (excludes halogenated alkanes) is 2. The average Bonchev–Trinajstić information content (AvgIpc) is 3.10. The minimum Gasteiger partial charge on any atom is -0.367 e. The van der Waals surface area contributed by atoms with Gasteiger partial charge in [0.25, 0.3) is 10.1 Å². The van der Waals surface area contributed by atoms with Gasteiger partial charge in [0.2, 0.25) is 0 Å². The van der Waals surface area contributed by atoms with Gasteiger partial charge in [0.05, 0.1) is 0 Å². The molecule has 1 aliphatic rings. The van der Waals surface area contributed by atoms with Gasteiger partial charge in [-0.3, -0.25) is 4.55 Å². The van der Waals surface area contributed by atoms with Crippen molar-refractivity contribution < 1.29 is 17.5 Å². The van der Waals surface area contributed by atoms with E-state index in [4.69, 9.17) is 0 Å². The highest BCUT2D eigenvalue weighted by Crippen LogP contribution is 2.35. The maximum absolute atomic E-state index is 12.6. The molecule has 0 fully saturated rings. The largest absolute Gasteiger partial charge is 0.367 e. The van der Waals surface area contributed by atoms with Crippen LogP contribution in [0.5, 0.6) is 0 Å². The van der Waals surface area contributed by atoms with Crippen molar-refractivity contribution in [3.05, 3.63) is 161 Å². The van der Waals surface area contributed by atoms with Crippen molar-refractivity contribution in [3.63, 3.8) is 0 Å². The molecule has 6 heteroatoms. The number of rotatable bonds is 14. The molecule has 0 saturated carbocycles. The van der Waals surface area contributed by atoms with Crippen molar-refractivity contribution in [1.29, 1.82) is 0 Å². The molecule has 5 rings (SSSR count). The molecule has 0 aliphatic heterocycles. The fourth-order valence-corrected chi connectivity index (χ4v) is 6.66. The molecule has 0 aromatic heterocycles. The molecule has 4 aromatic rings. The molecule has 0 bridgehead atoms. The Hall–Kier alpha value is -4.52. The third-order valence-corrected chi connectivity index (χ3v) is 9.38. The molecule has 1 aliphatic carbocycles. The van der Waals surface area contributed by atoms with Crippen LogP contribution in [0.4, 0.5) is 5.69 Å². The highest BCUT2D eigenvalue weighted by Gasteiger charge is 2.22. The third-order valence-electron chi connectivity index (χ3n) is 8.47. The van der Waals surface area contributed by atoms with E-state index in [9.17, 15) is 13.0 Å². The SMILES string of the molecule is CCCCN(Cc1ccccc1)c1ccc(C(=C2C=CC(=[N+](CCCC)Cc3ccccc3)C=C2)c2ccccc2S(=O)(=O)O)cc1. The summed E-state index contributed by atoms with van der Waals surface area (Å²) in [4.78, 5) is 2.28. The molecule has 0 heterocycles. The molecule has 0 saturated heterocycles. The van der Waals surface area contributed by atoms with Crippen LogP contribution in [0.15, 0.2) is 144 Å². The second-order valence-corrected chi connectivity index (χ2v) is 13.4. The Bertz CT molecular complexity index is 1840. The molecular formula is C41H45N2O3S+. The molecule has 4 aromatic carbocycles. The van der Waals surface area contributed by atoms with Crippen LogP contribution in [0.3, 0.4) is 0 Å². The fraction of sp³-hybridized carbons (Fsp3) is 0.244. The summed E-state index contributed by atoms with van der Waals surface area (Å²) in [6.45, 7) is 7.89. The number of hydrogen-bond donors (Lipinski definition) is 1. The van der Waals surface area contributed by atoms with Crippen LogP contribution in [0.1, 0.15) is 61.8 Å². The monoisotopic (exact) mass is 645 g/mol. The van der Waals surface area contributed by atoms with Crippen molar-refractivity contribution in [2.75, 3.05) is 18.0 Å². The lowest BCUT2D eigenvalue weighted by Crippen LogP contribution is -2.23. The third kappa shape index (κ3) is 9.06. The number of hydrogen-bond acceptors (Lipinski definition) is 3. The molecule has 242 valence electrons. The maximum Gasteiger partial charge on any atom is 0.295 e. The zero-order valence-corrected chi connectivity index (χ0v) is 28.2. The van der Waals surface area contributed by atoms with Gasteiger partial charge >= 0.3 is 0 Å². The van der Waals surface area contributed by atoms with Crippen LogP contribution < -0.4 is 4.90 Å². The Labute approximate surface area is 280 Å². The smallest absolute Gasteiger partial charge is 0.295 e. The summed E-state index contributed by atoms with van der Waals surface area (Å²) < 4.78 is 37.8. The Morgan fingerprint density at radius 1 is 0.702 bits per heavy atom. The van der Waals surface area contributed by atoms with Crippen LogP contribution in [0, 0.1) is 0 Å². The topological polar surface area (TPSA) is 60.6 Å². The second-order valence-electron chi connectivity index (χ2n) is 12.0. The fourth-order valence-electron chi connectivity index (χ4n) is 5.96. The van der Waals surface area contributed by atoms with E-state index in [0.717, 1.165) is 80.0 Å². The van der Waals surface area contributed by atoms with E-state index in [0.29, 0.717) is 5.56 Å². The molecule has 0 radical (unpaired) electrons. The summed E-state index contributed by atoms with van der Waals surface area (Å²) in [7, 11) is -4.46. The second kappa shape index (κ2) is 16.3. The van der Waals surface area contributed by atoms with E-state index in [2.05, 4.69) is 120 Å². The predicted octanol–water partition coefficient (Wildman–Crippen LogP) is 9.12. The molecular weight excluding hydrogens is 601 g/mol.